The monoisotopic (exact) mass is 303 g/mol. The highest BCUT2D eigenvalue weighted by Crippen LogP contribution is 2.29. The molecule has 0 heterocycles. The van der Waals surface area contributed by atoms with Crippen LogP contribution in [0.3, 0.4) is 0 Å². The summed E-state index contributed by atoms with van der Waals surface area (Å²) in [4.78, 5) is 0. The molecule has 1 rings (SSSR count). The molecule has 0 aromatic heterocycles. The molecule has 0 aliphatic carbocycles. The van der Waals surface area contributed by atoms with Gasteiger partial charge in [-0.3, -0.25) is 0 Å². The molecule has 0 radical (unpaired) electrons. The summed E-state index contributed by atoms with van der Waals surface area (Å²) in [6.07, 6.45) is 1.99. The Morgan fingerprint density at radius 1 is 1.40 bits per heavy atom. The summed E-state index contributed by atoms with van der Waals surface area (Å²) in [6.45, 7) is 4.17. The van der Waals surface area contributed by atoms with Gasteiger partial charge in [0, 0.05) is 11.8 Å². The highest BCUT2D eigenvalue weighted by Gasteiger charge is 2.29. The molecule has 0 aliphatic rings. The quantitative estimate of drug-likeness (QED) is 0.840. The number of rotatable bonds is 7. The maximum atomic E-state index is 14.3. The molecular formula is C14H22FNO3S. The Morgan fingerprint density at radius 2 is 2.05 bits per heavy atom. The van der Waals surface area contributed by atoms with Gasteiger partial charge in [-0.25, -0.2) is 12.8 Å². The zero-order valence-electron chi connectivity index (χ0n) is 12.3. The predicted octanol–water partition coefficient (Wildman–Crippen LogP) is 2.31. The minimum absolute atomic E-state index is 0.117. The molecule has 0 aliphatic heterocycles. The zero-order chi connectivity index (χ0) is 15.3. The topological polar surface area (TPSA) is 55.4 Å². The lowest BCUT2D eigenvalue weighted by atomic mass is 10.0. The number of halogens is 1. The van der Waals surface area contributed by atoms with E-state index in [0.717, 1.165) is 12.7 Å². The van der Waals surface area contributed by atoms with Crippen molar-refractivity contribution in [2.45, 2.75) is 31.6 Å². The molecule has 2 unspecified atom stereocenters. The first kappa shape index (κ1) is 16.9. The molecule has 0 saturated heterocycles. The third-order valence-electron chi connectivity index (χ3n) is 3.31. The predicted molar refractivity (Wildman–Crippen MR) is 78.3 cm³/mol. The van der Waals surface area contributed by atoms with Crippen LogP contribution in [0, 0.1) is 5.82 Å². The molecule has 0 saturated carbocycles. The van der Waals surface area contributed by atoms with Crippen LogP contribution in [-0.4, -0.2) is 33.6 Å². The van der Waals surface area contributed by atoms with Gasteiger partial charge in [-0.2, -0.15) is 0 Å². The van der Waals surface area contributed by atoms with E-state index in [-0.39, 0.29) is 5.75 Å². The van der Waals surface area contributed by atoms with Crippen molar-refractivity contribution < 1.29 is 17.5 Å². The van der Waals surface area contributed by atoms with E-state index >= 15 is 0 Å². The zero-order valence-corrected chi connectivity index (χ0v) is 13.1. The van der Waals surface area contributed by atoms with Gasteiger partial charge >= 0.3 is 0 Å². The first-order chi connectivity index (χ1) is 9.32. The van der Waals surface area contributed by atoms with Crippen LogP contribution in [0.1, 0.15) is 31.9 Å². The lowest BCUT2D eigenvalue weighted by molar-refractivity contribution is 0.378. The highest BCUT2D eigenvalue weighted by molar-refractivity contribution is 7.91. The molecule has 0 spiro atoms. The average molecular weight is 303 g/mol. The Labute approximate surface area is 120 Å². The molecule has 1 aromatic carbocycles. The Morgan fingerprint density at radius 3 is 2.55 bits per heavy atom. The first-order valence-corrected chi connectivity index (χ1v) is 8.53. The van der Waals surface area contributed by atoms with Crippen LogP contribution in [0.4, 0.5) is 4.39 Å². The van der Waals surface area contributed by atoms with Crippen LogP contribution < -0.4 is 10.1 Å². The molecule has 6 heteroatoms. The van der Waals surface area contributed by atoms with Crippen molar-refractivity contribution in [3.05, 3.63) is 29.6 Å². The van der Waals surface area contributed by atoms with Gasteiger partial charge in [-0.15, -0.1) is 0 Å². The highest BCUT2D eigenvalue weighted by atomic mass is 32.2. The fourth-order valence-electron chi connectivity index (χ4n) is 2.00. The summed E-state index contributed by atoms with van der Waals surface area (Å²) in [6, 6.07) is 4.17. The van der Waals surface area contributed by atoms with Gasteiger partial charge in [0.25, 0.3) is 0 Å². The van der Waals surface area contributed by atoms with Gasteiger partial charge in [0.05, 0.1) is 18.4 Å². The Hall–Kier alpha value is -1.14. The lowest BCUT2D eigenvalue weighted by Gasteiger charge is -2.25. The van der Waals surface area contributed by atoms with E-state index in [9.17, 15) is 12.8 Å². The SMILES string of the molecule is CCCNC(c1cccc(OC)c1F)C(C)S(C)(=O)=O. The molecule has 20 heavy (non-hydrogen) atoms. The number of hydrogen-bond acceptors (Lipinski definition) is 4. The molecule has 2 atom stereocenters. The van der Waals surface area contributed by atoms with E-state index in [1.165, 1.54) is 13.2 Å². The van der Waals surface area contributed by atoms with Crippen molar-refractivity contribution in [3.8, 4) is 5.75 Å². The summed E-state index contributed by atoms with van der Waals surface area (Å²) in [7, 11) is -1.90. The molecule has 0 bridgehead atoms. The molecule has 1 aromatic rings. The third-order valence-corrected chi connectivity index (χ3v) is 4.93. The van der Waals surface area contributed by atoms with Crippen molar-refractivity contribution in [2.75, 3.05) is 19.9 Å². The number of sulfone groups is 1. The van der Waals surface area contributed by atoms with Crippen LogP contribution >= 0.6 is 0 Å². The molecule has 114 valence electrons. The average Bonchev–Trinajstić information content (AvgIpc) is 2.39. The maximum Gasteiger partial charge on any atom is 0.169 e. The fraction of sp³-hybridized carbons (Fsp3) is 0.571. The van der Waals surface area contributed by atoms with Crippen molar-refractivity contribution >= 4 is 9.84 Å². The summed E-state index contributed by atoms with van der Waals surface area (Å²) in [5, 5.41) is 2.38. The van der Waals surface area contributed by atoms with E-state index in [2.05, 4.69) is 5.32 Å². The summed E-state index contributed by atoms with van der Waals surface area (Å²) in [5.41, 5.74) is 0.315. The van der Waals surface area contributed by atoms with Crippen LogP contribution in [0.5, 0.6) is 5.75 Å². The van der Waals surface area contributed by atoms with Crippen molar-refractivity contribution in [3.63, 3.8) is 0 Å². The number of ether oxygens (including phenoxy) is 1. The van der Waals surface area contributed by atoms with E-state index in [0.29, 0.717) is 12.1 Å². The minimum atomic E-state index is -3.29. The van der Waals surface area contributed by atoms with Crippen molar-refractivity contribution in [2.24, 2.45) is 0 Å². The standard InChI is InChI=1S/C14H22FNO3S/c1-5-9-16-14(10(2)20(4,17)18)11-7-6-8-12(19-3)13(11)15/h6-8,10,14,16H,5,9H2,1-4H3. The summed E-state index contributed by atoms with van der Waals surface area (Å²) in [5.74, 6) is -0.398. The number of nitrogens with one attached hydrogen (secondary N) is 1. The molecule has 1 N–H and O–H groups in total. The molecule has 4 nitrogen and oxygen atoms in total. The van der Waals surface area contributed by atoms with E-state index < -0.39 is 26.9 Å². The van der Waals surface area contributed by atoms with Crippen molar-refractivity contribution in [1.29, 1.82) is 0 Å². The minimum Gasteiger partial charge on any atom is -0.494 e. The van der Waals surface area contributed by atoms with Crippen LogP contribution in [-0.2, 0) is 9.84 Å². The first-order valence-electron chi connectivity index (χ1n) is 6.57. The van der Waals surface area contributed by atoms with E-state index in [1.807, 2.05) is 6.92 Å². The number of benzene rings is 1. The van der Waals surface area contributed by atoms with Gasteiger partial charge in [0.15, 0.2) is 21.4 Å². The number of hydrogen-bond donors (Lipinski definition) is 1. The molecular weight excluding hydrogens is 281 g/mol. The maximum absolute atomic E-state index is 14.3. The van der Waals surface area contributed by atoms with E-state index in [4.69, 9.17) is 4.74 Å². The normalized spacial score (nSPS) is 14.8. The van der Waals surface area contributed by atoms with Gasteiger partial charge in [0.2, 0.25) is 0 Å². The van der Waals surface area contributed by atoms with Gasteiger partial charge < -0.3 is 10.1 Å². The van der Waals surface area contributed by atoms with Crippen molar-refractivity contribution in [1.82, 2.24) is 5.32 Å². The van der Waals surface area contributed by atoms with Crippen LogP contribution in [0.25, 0.3) is 0 Å². The summed E-state index contributed by atoms with van der Waals surface area (Å²) < 4.78 is 42.9. The third kappa shape index (κ3) is 3.93. The Bertz CT molecular complexity index is 545. The van der Waals surface area contributed by atoms with Crippen LogP contribution in [0.15, 0.2) is 18.2 Å². The fourth-order valence-corrected chi connectivity index (χ4v) is 2.74. The van der Waals surface area contributed by atoms with Gasteiger partial charge in [-0.1, -0.05) is 19.1 Å². The second kappa shape index (κ2) is 7.04. The number of methoxy groups -OCH3 is 1. The molecule has 0 amide bonds. The van der Waals surface area contributed by atoms with Gasteiger partial charge in [-0.05, 0) is 26.0 Å². The van der Waals surface area contributed by atoms with E-state index in [1.54, 1.807) is 19.1 Å². The molecule has 0 fully saturated rings. The lowest BCUT2D eigenvalue weighted by Crippen LogP contribution is -2.36. The van der Waals surface area contributed by atoms with Gasteiger partial charge in [0.1, 0.15) is 0 Å². The Kier molecular flexibility index (Phi) is 5.95. The smallest absolute Gasteiger partial charge is 0.169 e. The second-order valence-electron chi connectivity index (χ2n) is 4.83. The van der Waals surface area contributed by atoms with Crippen LogP contribution in [0.2, 0.25) is 0 Å². The largest absolute Gasteiger partial charge is 0.494 e. The Balaban J connectivity index is 3.24. The second-order valence-corrected chi connectivity index (χ2v) is 7.23. The summed E-state index contributed by atoms with van der Waals surface area (Å²) >= 11 is 0.